The highest BCUT2D eigenvalue weighted by molar-refractivity contribution is 6.33. The lowest BCUT2D eigenvalue weighted by molar-refractivity contribution is 0.158. The van der Waals surface area contributed by atoms with Crippen molar-refractivity contribution in [3.05, 3.63) is 41.6 Å². The number of piperidine rings is 2. The molecule has 3 fully saturated rings. The van der Waals surface area contributed by atoms with Gasteiger partial charge in [0.2, 0.25) is 0 Å². The summed E-state index contributed by atoms with van der Waals surface area (Å²) in [6.07, 6.45) is 4.55. The quantitative estimate of drug-likeness (QED) is 0.704. The second kappa shape index (κ2) is 5.21. The van der Waals surface area contributed by atoms with Gasteiger partial charge in [-0.3, -0.25) is 0 Å². The fourth-order valence-corrected chi connectivity index (χ4v) is 4.40. The third kappa shape index (κ3) is 2.13. The Kier molecular flexibility index (Phi) is 3.10. The van der Waals surface area contributed by atoms with E-state index in [0.717, 1.165) is 53.2 Å². The molecular formula is C19H19ClN4. The number of hydrogen-bond donors (Lipinski definition) is 0. The lowest BCUT2D eigenvalue weighted by Gasteiger charge is -2.47. The molecule has 1 aliphatic carbocycles. The van der Waals surface area contributed by atoms with Crippen molar-refractivity contribution in [2.24, 2.45) is 18.9 Å². The van der Waals surface area contributed by atoms with Crippen LogP contribution in [-0.2, 0) is 7.05 Å². The van der Waals surface area contributed by atoms with Gasteiger partial charge in [-0.1, -0.05) is 23.7 Å². The molecule has 0 spiro atoms. The largest absolute Gasteiger partial charge is 0.356 e. The zero-order valence-electron chi connectivity index (χ0n) is 13.6. The highest BCUT2D eigenvalue weighted by atomic mass is 35.5. The fraction of sp³-hybridized carbons (Fsp3) is 0.368. The van der Waals surface area contributed by atoms with Gasteiger partial charge in [0.25, 0.3) is 0 Å². The normalized spacial score (nSPS) is 22.7. The van der Waals surface area contributed by atoms with Crippen LogP contribution in [0.4, 0.5) is 5.82 Å². The van der Waals surface area contributed by atoms with Crippen molar-refractivity contribution in [3.63, 3.8) is 0 Å². The minimum Gasteiger partial charge on any atom is -0.356 e. The Morgan fingerprint density at radius 2 is 1.88 bits per heavy atom. The van der Waals surface area contributed by atoms with Crippen LogP contribution in [0.25, 0.3) is 22.4 Å². The van der Waals surface area contributed by atoms with Gasteiger partial charge in [-0.25, -0.2) is 9.97 Å². The topological polar surface area (TPSA) is 34.0 Å². The number of pyridine rings is 1. The predicted molar refractivity (Wildman–Crippen MR) is 97.4 cm³/mol. The molecule has 0 N–H and O–H groups in total. The van der Waals surface area contributed by atoms with Crippen molar-refractivity contribution < 1.29 is 0 Å². The molecule has 0 amide bonds. The van der Waals surface area contributed by atoms with Crippen LogP contribution in [0.2, 0.25) is 5.02 Å². The molecule has 2 bridgehead atoms. The maximum Gasteiger partial charge on any atom is 0.142 e. The molecule has 3 aromatic rings. The van der Waals surface area contributed by atoms with E-state index in [2.05, 4.69) is 26.6 Å². The first-order valence-corrected chi connectivity index (χ1v) is 8.89. The highest BCUT2D eigenvalue weighted by Crippen LogP contribution is 2.41. The molecule has 2 aromatic heterocycles. The van der Waals surface area contributed by atoms with Gasteiger partial charge in [0, 0.05) is 31.9 Å². The Balaban J connectivity index is 1.59. The molecule has 122 valence electrons. The summed E-state index contributed by atoms with van der Waals surface area (Å²) in [5, 5.41) is 0.652. The number of aryl methyl sites for hydroxylation is 1. The summed E-state index contributed by atoms with van der Waals surface area (Å²) in [6.45, 7) is 2.24. The minimum atomic E-state index is 0.652. The smallest absolute Gasteiger partial charge is 0.142 e. The molecule has 0 radical (unpaired) electrons. The molecule has 1 saturated carbocycles. The first-order chi connectivity index (χ1) is 11.7. The molecule has 4 nitrogen and oxygen atoms in total. The number of benzene rings is 1. The molecule has 4 heterocycles. The second-order valence-corrected chi connectivity index (χ2v) is 7.52. The van der Waals surface area contributed by atoms with Crippen molar-refractivity contribution in [1.29, 1.82) is 0 Å². The molecule has 2 saturated heterocycles. The van der Waals surface area contributed by atoms with E-state index in [1.807, 2.05) is 25.2 Å². The van der Waals surface area contributed by atoms with E-state index >= 15 is 0 Å². The number of nitrogens with zero attached hydrogens (tertiary/aromatic N) is 4. The molecule has 2 aliphatic heterocycles. The van der Waals surface area contributed by atoms with Gasteiger partial charge in [-0.2, -0.15) is 0 Å². The lowest BCUT2D eigenvalue weighted by atomic mass is 9.71. The maximum atomic E-state index is 6.47. The standard InChI is InChI=1S/C19H19ClN4/c1-23-17-5-3-2-4-16(17)22-19(23)14-8-18(21-9-15(14)20)24-10-12-6-13(7-12)11-24/h2-5,8-9,12-13H,6-7,10-11H2,1H3/t12-,13+. The van der Waals surface area contributed by atoms with Gasteiger partial charge >= 0.3 is 0 Å². The van der Waals surface area contributed by atoms with Crippen LogP contribution in [0.3, 0.4) is 0 Å². The Labute approximate surface area is 146 Å². The summed E-state index contributed by atoms with van der Waals surface area (Å²) in [5.41, 5.74) is 3.06. The molecule has 0 unspecified atom stereocenters. The molecular weight excluding hydrogens is 320 g/mol. The average Bonchev–Trinajstić information content (AvgIpc) is 2.92. The van der Waals surface area contributed by atoms with Crippen LogP contribution in [0, 0.1) is 11.8 Å². The van der Waals surface area contributed by atoms with Gasteiger partial charge < -0.3 is 9.47 Å². The van der Waals surface area contributed by atoms with Gasteiger partial charge in [0.05, 0.1) is 16.1 Å². The Morgan fingerprint density at radius 1 is 1.12 bits per heavy atom. The fourth-order valence-electron chi connectivity index (χ4n) is 4.22. The van der Waals surface area contributed by atoms with Crippen LogP contribution >= 0.6 is 11.6 Å². The molecule has 3 aliphatic rings. The summed E-state index contributed by atoms with van der Waals surface area (Å²) in [7, 11) is 2.04. The predicted octanol–water partition coefficient (Wildman–Crippen LogP) is 4.13. The van der Waals surface area contributed by atoms with Crippen molar-refractivity contribution in [1.82, 2.24) is 14.5 Å². The van der Waals surface area contributed by atoms with E-state index < -0.39 is 0 Å². The molecule has 5 heteroatoms. The molecule has 1 aromatic carbocycles. The lowest BCUT2D eigenvalue weighted by Crippen LogP contribution is -2.48. The van der Waals surface area contributed by atoms with Gasteiger partial charge in [-0.15, -0.1) is 0 Å². The summed E-state index contributed by atoms with van der Waals surface area (Å²) >= 11 is 6.47. The number of hydrogen-bond acceptors (Lipinski definition) is 3. The second-order valence-electron chi connectivity index (χ2n) is 7.11. The van der Waals surface area contributed by atoms with Crippen LogP contribution in [0.1, 0.15) is 12.8 Å². The van der Waals surface area contributed by atoms with E-state index in [1.54, 1.807) is 6.20 Å². The minimum absolute atomic E-state index is 0.652. The summed E-state index contributed by atoms with van der Waals surface area (Å²) in [6, 6.07) is 10.3. The maximum absolute atomic E-state index is 6.47. The van der Waals surface area contributed by atoms with Crippen molar-refractivity contribution >= 4 is 28.5 Å². The monoisotopic (exact) mass is 338 g/mol. The van der Waals surface area contributed by atoms with Crippen LogP contribution in [-0.4, -0.2) is 27.6 Å². The SMILES string of the molecule is Cn1c(-c2cc(N3C[C@H]4C[C@@H](C3)C4)ncc2Cl)nc2ccccc21. The Bertz CT molecular complexity index is 916. The van der Waals surface area contributed by atoms with Gasteiger partial charge in [-0.05, 0) is 42.9 Å². The Morgan fingerprint density at radius 3 is 2.62 bits per heavy atom. The number of aromatic nitrogens is 3. The van der Waals surface area contributed by atoms with E-state index in [0.29, 0.717) is 5.02 Å². The zero-order valence-corrected chi connectivity index (χ0v) is 14.4. The number of halogens is 1. The first-order valence-electron chi connectivity index (χ1n) is 8.51. The zero-order chi connectivity index (χ0) is 16.3. The van der Waals surface area contributed by atoms with Gasteiger partial charge in [0.15, 0.2) is 0 Å². The third-order valence-electron chi connectivity index (χ3n) is 5.48. The Hall–Kier alpha value is -2.07. The summed E-state index contributed by atoms with van der Waals surface area (Å²) in [5.74, 6) is 3.61. The number of fused-ring (bicyclic) bond motifs is 3. The van der Waals surface area contributed by atoms with E-state index in [9.17, 15) is 0 Å². The molecule has 6 rings (SSSR count). The van der Waals surface area contributed by atoms with Crippen LogP contribution < -0.4 is 4.90 Å². The number of anilines is 1. The first kappa shape index (κ1) is 14.3. The molecule has 24 heavy (non-hydrogen) atoms. The van der Waals surface area contributed by atoms with Crippen molar-refractivity contribution in [2.45, 2.75) is 12.8 Å². The van der Waals surface area contributed by atoms with Crippen molar-refractivity contribution in [3.8, 4) is 11.4 Å². The molecule has 0 atom stereocenters. The van der Waals surface area contributed by atoms with Crippen LogP contribution in [0.15, 0.2) is 36.5 Å². The highest BCUT2D eigenvalue weighted by Gasteiger charge is 2.37. The number of para-hydroxylation sites is 2. The van der Waals surface area contributed by atoms with E-state index in [1.165, 1.54) is 12.8 Å². The van der Waals surface area contributed by atoms with E-state index in [-0.39, 0.29) is 0 Å². The van der Waals surface area contributed by atoms with Gasteiger partial charge in [0.1, 0.15) is 11.6 Å². The van der Waals surface area contributed by atoms with Crippen LogP contribution in [0.5, 0.6) is 0 Å². The average molecular weight is 339 g/mol. The summed E-state index contributed by atoms with van der Waals surface area (Å²) < 4.78 is 2.11. The van der Waals surface area contributed by atoms with E-state index in [4.69, 9.17) is 16.6 Å². The number of rotatable bonds is 2. The number of imidazole rings is 1. The third-order valence-corrected chi connectivity index (χ3v) is 5.78. The summed E-state index contributed by atoms with van der Waals surface area (Å²) in [4.78, 5) is 11.8. The van der Waals surface area contributed by atoms with Crippen molar-refractivity contribution in [2.75, 3.05) is 18.0 Å².